The molecule has 9 nitrogen and oxygen atoms in total. The number of rotatable bonds is 11. The Morgan fingerprint density at radius 3 is 2.61 bits per heavy atom. The van der Waals surface area contributed by atoms with Crippen molar-refractivity contribution in [2.24, 2.45) is 15.4 Å². The summed E-state index contributed by atoms with van der Waals surface area (Å²) in [6, 6.07) is 7.53. The number of methoxy groups -OCH3 is 1. The van der Waals surface area contributed by atoms with Crippen LogP contribution in [0.5, 0.6) is 11.5 Å². The Balaban J connectivity index is 1.16. The molecule has 13 heteroatoms. The Labute approximate surface area is 260 Å². The highest BCUT2D eigenvalue weighted by molar-refractivity contribution is 6.46. The second-order valence-corrected chi connectivity index (χ2v) is 11.1. The van der Waals surface area contributed by atoms with Crippen molar-refractivity contribution in [3.63, 3.8) is 0 Å². The lowest BCUT2D eigenvalue weighted by atomic mass is 9.94. The molecule has 0 radical (unpaired) electrons. The minimum atomic E-state index is -4.54. The number of aliphatic imine (C=N–C) groups is 2. The van der Waals surface area contributed by atoms with Gasteiger partial charge in [-0.15, -0.1) is 0 Å². The van der Waals surface area contributed by atoms with Crippen molar-refractivity contribution in [3.05, 3.63) is 83.7 Å². The Bertz CT molecular complexity index is 1880. The summed E-state index contributed by atoms with van der Waals surface area (Å²) in [5.74, 6) is -1.06. The average Bonchev–Trinajstić information content (AvgIpc) is 3.71. The molecule has 0 amide bonds. The summed E-state index contributed by atoms with van der Waals surface area (Å²) >= 11 is 0. The molecule has 3 heterocycles. The molecule has 0 spiro atoms. The second-order valence-electron chi connectivity index (χ2n) is 11.1. The van der Waals surface area contributed by atoms with Gasteiger partial charge < -0.3 is 14.2 Å². The molecule has 6 rings (SSSR count). The summed E-state index contributed by atoms with van der Waals surface area (Å²) in [5.41, 5.74) is -0.990. The van der Waals surface area contributed by atoms with E-state index in [4.69, 9.17) is 19.6 Å². The number of nitrogens with zero attached hydrogens (tertiary/aromatic N) is 4. The number of ether oxygens (including phenoxy) is 3. The van der Waals surface area contributed by atoms with Crippen LogP contribution in [0.25, 0.3) is 22.3 Å². The van der Waals surface area contributed by atoms with Gasteiger partial charge in [0, 0.05) is 42.3 Å². The van der Waals surface area contributed by atoms with E-state index >= 15 is 4.39 Å². The molecule has 1 unspecified atom stereocenters. The van der Waals surface area contributed by atoms with Crippen molar-refractivity contribution in [1.82, 2.24) is 9.97 Å². The fourth-order valence-corrected chi connectivity index (χ4v) is 5.17. The lowest BCUT2D eigenvalue weighted by Gasteiger charge is -2.26. The van der Waals surface area contributed by atoms with Crippen LogP contribution in [-0.4, -0.2) is 60.0 Å². The maximum atomic E-state index is 15.2. The molecular formula is C33H27F4N5O4. The van der Waals surface area contributed by atoms with Crippen molar-refractivity contribution in [2.45, 2.75) is 37.9 Å². The highest BCUT2D eigenvalue weighted by Crippen LogP contribution is 2.63. The number of Topliss-reactive ketones (excluding diaryl/α,β-unsaturated/α-hetero) is 1. The van der Waals surface area contributed by atoms with Crippen molar-refractivity contribution >= 4 is 35.1 Å². The maximum Gasteiger partial charge on any atom is 0.401 e. The van der Waals surface area contributed by atoms with Crippen molar-refractivity contribution in [2.75, 3.05) is 13.7 Å². The number of carbonyl (C=O) groups is 1. The van der Waals surface area contributed by atoms with Crippen molar-refractivity contribution in [1.29, 1.82) is 5.41 Å². The third-order valence-corrected chi connectivity index (χ3v) is 7.96. The quantitative estimate of drug-likeness (QED) is 0.190. The number of aromatic nitrogens is 2. The number of hydrogen-bond acceptors (Lipinski definition) is 9. The zero-order valence-electron chi connectivity index (χ0n) is 24.5. The Morgan fingerprint density at radius 1 is 1.15 bits per heavy atom. The summed E-state index contributed by atoms with van der Waals surface area (Å²) < 4.78 is 72.7. The summed E-state index contributed by atoms with van der Waals surface area (Å²) in [7, 11) is 1.50. The smallest absolute Gasteiger partial charge is 0.401 e. The first-order valence-corrected chi connectivity index (χ1v) is 14.3. The highest BCUT2D eigenvalue weighted by Gasteiger charge is 2.67. The summed E-state index contributed by atoms with van der Waals surface area (Å²) in [5, 5.41) is 8.34. The molecule has 236 valence electrons. The van der Waals surface area contributed by atoms with Gasteiger partial charge in [-0.2, -0.15) is 13.2 Å². The van der Waals surface area contributed by atoms with Gasteiger partial charge >= 0.3 is 6.18 Å². The summed E-state index contributed by atoms with van der Waals surface area (Å²) in [6.07, 6.45) is 2.32. The normalized spacial score (nSPS) is 18.2. The molecule has 2 aromatic carbocycles. The molecule has 0 saturated heterocycles. The third-order valence-electron chi connectivity index (χ3n) is 7.96. The van der Waals surface area contributed by atoms with Crippen LogP contribution in [0.4, 0.5) is 17.6 Å². The van der Waals surface area contributed by atoms with E-state index in [9.17, 15) is 18.0 Å². The Hall–Kier alpha value is -5.20. The van der Waals surface area contributed by atoms with Crippen LogP contribution in [0, 0.1) is 16.6 Å². The number of ketones is 1. The van der Waals surface area contributed by atoms with Crippen LogP contribution in [0.15, 0.2) is 82.3 Å². The van der Waals surface area contributed by atoms with Gasteiger partial charge in [0.1, 0.15) is 34.8 Å². The fraction of sp³-hybridized carbons (Fsp3) is 0.273. The van der Waals surface area contributed by atoms with Crippen LogP contribution in [0.1, 0.15) is 24.8 Å². The lowest BCUT2D eigenvalue weighted by Crippen LogP contribution is -2.29. The first kappa shape index (κ1) is 30.8. The monoisotopic (exact) mass is 633 g/mol. The predicted molar refractivity (Wildman–Crippen MR) is 163 cm³/mol. The number of benzene rings is 2. The molecule has 46 heavy (non-hydrogen) atoms. The van der Waals surface area contributed by atoms with Crippen LogP contribution in [0.2, 0.25) is 0 Å². The largest absolute Gasteiger partial charge is 0.493 e. The van der Waals surface area contributed by atoms with E-state index in [-0.39, 0.29) is 35.8 Å². The minimum Gasteiger partial charge on any atom is -0.493 e. The van der Waals surface area contributed by atoms with Crippen LogP contribution < -0.4 is 9.47 Å². The first-order chi connectivity index (χ1) is 22.0. The van der Waals surface area contributed by atoms with Crippen molar-refractivity contribution < 1.29 is 36.6 Å². The Morgan fingerprint density at radius 2 is 1.93 bits per heavy atom. The number of hydrogen-bond donors (Lipinski definition) is 1. The molecular weight excluding hydrogens is 606 g/mol. The van der Waals surface area contributed by atoms with E-state index in [1.807, 2.05) is 0 Å². The molecule has 1 N–H and O–H groups in total. The van der Waals surface area contributed by atoms with Gasteiger partial charge in [0.25, 0.3) is 0 Å². The predicted octanol–water partition coefficient (Wildman–Crippen LogP) is 6.52. The van der Waals surface area contributed by atoms with Gasteiger partial charge in [0.05, 0.1) is 42.7 Å². The van der Waals surface area contributed by atoms with Gasteiger partial charge in [-0.25, -0.2) is 14.4 Å². The maximum absolute atomic E-state index is 15.2. The van der Waals surface area contributed by atoms with E-state index in [1.165, 1.54) is 37.9 Å². The molecule has 3 aliphatic rings. The van der Waals surface area contributed by atoms with Gasteiger partial charge in [-0.1, -0.05) is 18.7 Å². The molecule has 1 aromatic heterocycles. The SMILES string of the molecule is C=C1C=C(C(=N)C(=O)Cc2ccc(-c3cnc4cc(OCCC5C=NC=N5)c(OC)cc4n3)cc2F)C=C(C2(C(F)(F)F)CC2)O1. The molecule has 1 aliphatic carbocycles. The van der Waals surface area contributed by atoms with Gasteiger partial charge in [-0.05, 0) is 36.6 Å². The zero-order valence-corrected chi connectivity index (χ0v) is 24.5. The molecule has 1 fully saturated rings. The topological polar surface area (TPSA) is 119 Å². The molecule has 3 aromatic rings. The number of alkyl halides is 3. The fourth-order valence-electron chi connectivity index (χ4n) is 5.17. The minimum absolute atomic E-state index is 0.00918. The van der Waals surface area contributed by atoms with Gasteiger partial charge in [-0.3, -0.25) is 20.2 Å². The number of halogens is 4. The highest BCUT2D eigenvalue weighted by atomic mass is 19.4. The van der Waals surface area contributed by atoms with Crippen LogP contribution >= 0.6 is 0 Å². The van der Waals surface area contributed by atoms with Crippen molar-refractivity contribution in [3.8, 4) is 22.8 Å². The first-order valence-electron chi connectivity index (χ1n) is 14.3. The standard InChI is InChI=1S/C33H27F4N5O4/c1-18-9-21(12-30(46-18)32(6-7-32)33(35,36)37)31(38)27(43)11-19-3-4-20(10-23(19)34)26-16-40-24-13-29(28(44-2)14-25(24)42-26)45-8-5-22-15-39-17-41-22/h3-4,9-10,12-17,22,38H,1,5-8,11H2,2H3. The van der Waals surface area contributed by atoms with Crippen LogP contribution in [-0.2, 0) is 16.0 Å². The number of fused-ring (bicyclic) bond motifs is 1. The van der Waals surface area contributed by atoms with Gasteiger partial charge in [0.2, 0.25) is 0 Å². The zero-order chi connectivity index (χ0) is 32.6. The van der Waals surface area contributed by atoms with E-state index in [0.29, 0.717) is 46.8 Å². The Kier molecular flexibility index (Phi) is 8.01. The lowest BCUT2D eigenvalue weighted by molar-refractivity contribution is -0.183. The molecule has 0 bridgehead atoms. The average molecular weight is 634 g/mol. The molecule has 1 atom stereocenters. The second kappa shape index (κ2) is 12.0. The number of carbonyl (C=O) groups excluding carboxylic acids is 1. The number of allylic oxidation sites excluding steroid dienone is 4. The summed E-state index contributed by atoms with van der Waals surface area (Å²) in [4.78, 5) is 30.2. The summed E-state index contributed by atoms with van der Waals surface area (Å²) in [6.45, 7) is 3.95. The van der Waals surface area contributed by atoms with E-state index < -0.39 is 41.1 Å². The van der Waals surface area contributed by atoms with Gasteiger partial charge in [0.15, 0.2) is 17.3 Å². The number of nitrogens with one attached hydrogen (secondary N) is 1. The van der Waals surface area contributed by atoms with E-state index in [1.54, 1.807) is 24.4 Å². The van der Waals surface area contributed by atoms with E-state index in [2.05, 4.69) is 26.5 Å². The third kappa shape index (κ3) is 6.04. The molecule has 2 aliphatic heterocycles. The van der Waals surface area contributed by atoms with E-state index in [0.717, 1.165) is 6.08 Å². The molecule has 1 saturated carbocycles. The van der Waals surface area contributed by atoms with Crippen LogP contribution in [0.3, 0.4) is 0 Å².